The van der Waals surface area contributed by atoms with Gasteiger partial charge in [-0.2, -0.15) is 13.2 Å². The summed E-state index contributed by atoms with van der Waals surface area (Å²) in [6.45, 7) is 1.50. The maximum absolute atomic E-state index is 15.7. The first-order valence-corrected chi connectivity index (χ1v) is 14.3. The maximum Gasteiger partial charge on any atom is 0.416 e. The fourth-order valence-electron chi connectivity index (χ4n) is 5.69. The predicted molar refractivity (Wildman–Crippen MR) is 144 cm³/mol. The maximum atomic E-state index is 15.7. The number of piperidine rings is 1. The highest BCUT2D eigenvalue weighted by molar-refractivity contribution is 6.31. The van der Waals surface area contributed by atoms with Gasteiger partial charge in [0.05, 0.1) is 23.7 Å². The van der Waals surface area contributed by atoms with Crippen molar-refractivity contribution in [2.75, 3.05) is 26.2 Å². The van der Waals surface area contributed by atoms with Crippen LogP contribution in [-0.4, -0.2) is 66.1 Å². The van der Waals surface area contributed by atoms with Crippen LogP contribution < -0.4 is 4.74 Å². The van der Waals surface area contributed by atoms with Crippen molar-refractivity contribution in [3.8, 4) is 5.75 Å². The lowest BCUT2D eigenvalue weighted by Gasteiger charge is -2.36. The van der Waals surface area contributed by atoms with Crippen LogP contribution in [0.15, 0.2) is 30.3 Å². The van der Waals surface area contributed by atoms with Gasteiger partial charge in [0.1, 0.15) is 36.3 Å². The molecule has 2 aliphatic heterocycles. The molecule has 3 atom stereocenters. The Labute approximate surface area is 244 Å². The lowest BCUT2D eigenvalue weighted by Crippen LogP contribution is -2.44. The molecule has 1 saturated carbocycles. The van der Waals surface area contributed by atoms with Crippen molar-refractivity contribution in [1.29, 1.82) is 0 Å². The van der Waals surface area contributed by atoms with Gasteiger partial charge in [-0.25, -0.2) is 13.2 Å². The highest BCUT2D eigenvalue weighted by Crippen LogP contribution is 2.46. The minimum Gasteiger partial charge on any atom is -0.490 e. The molecule has 42 heavy (non-hydrogen) atoms. The van der Waals surface area contributed by atoms with Crippen molar-refractivity contribution in [1.82, 2.24) is 9.80 Å². The molecule has 2 saturated heterocycles. The van der Waals surface area contributed by atoms with Crippen molar-refractivity contribution in [3.05, 3.63) is 63.4 Å². The summed E-state index contributed by atoms with van der Waals surface area (Å²) in [4.78, 5) is 27.5. The zero-order chi connectivity index (χ0) is 30.4. The van der Waals surface area contributed by atoms with Crippen LogP contribution in [0.2, 0.25) is 5.02 Å². The van der Waals surface area contributed by atoms with Gasteiger partial charge in [-0.3, -0.25) is 9.69 Å². The number of carbonyl (C=O) groups excluding carboxylic acids is 2. The molecule has 0 spiro atoms. The smallest absolute Gasteiger partial charge is 0.416 e. The Bertz CT molecular complexity index is 1340. The van der Waals surface area contributed by atoms with Gasteiger partial charge in [-0.1, -0.05) is 18.5 Å². The van der Waals surface area contributed by atoms with E-state index in [0.717, 1.165) is 35.9 Å². The molecule has 12 heteroatoms. The third-order valence-electron chi connectivity index (χ3n) is 8.59. The van der Waals surface area contributed by atoms with Gasteiger partial charge in [0, 0.05) is 36.6 Å². The van der Waals surface area contributed by atoms with Gasteiger partial charge in [0.25, 0.3) is 5.91 Å². The number of amides is 1. The van der Waals surface area contributed by atoms with Gasteiger partial charge in [-0.05, 0) is 67.0 Å². The molecule has 0 radical (unpaired) electrons. The molecule has 0 bridgehead atoms. The lowest BCUT2D eigenvalue weighted by atomic mass is 9.93. The summed E-state index contributed by atoms with van der Waals surface area (Å²) in [6, 6.07) is 4.56. The minimum atomic E-state index is -4.50. The third-order valence-corrected chi connectivity index (χ3v) is 8.96. The predicted octanol–water partition coefficient (Wildman–Crippen LogP) is 6.76. The van der Waals surface area contributed by atoms with E-state index in [1.165, 1.54) is 19.1 Å². The fraction of sp³-hybridized carbons (Fsp3) is 0.533. The zero-order valence-electron chi connectivity index (χ0n) is 22.9. The van der Waals surface area contributed by atoms with Crippen LogP contribution >= 0.6 is 11.6 Å². The Hall–Kier alpha value is -2.79. The molecule has 5 nitrogen and oxygen atoms in total. The summed E-state index contributed by atoms with van der Waals surface area (Å²) in [5.41, 5.74) is -1.97. The van der Waals surface area contributed by atoms with Crippen LogP contribution in [0.5, 0.6) is 5.75 Å². The lowest BCUT2D eigenvalue weighted by molar-refractivity contribution is -0.137. The summed E-state index contributed by atoms with van der Waals surface area (Å²) < 4.78 is 90.3. The Morgan fingerprint density at radius 2 is 1.86 bits per heavy atom. The molecule has 0 N–H and O–H groups in total. The number of ether oxygens (including phenoxy) is 1. The molecule has 3 aliphatic rings. The van der Waals surface area contributed by atoms with Gasteiger partial charge < -0.3 is 14.4 Å². The van der Waals surface area contributed by atoms with Gasteiger partial charge in [0.15, 0.2) is 0 Å². The molecule has 1 aliphatic carbocycles. The molecule has 228 valence electrons. The summed E-state index contributed by atoms with van der Waals surface area (Å²) >= 11 is 6.12. The summed E-state index contributed by atoms with van der Waals surface area (Å²) in [7, 11) is 0. The largest absolute Gasteiger partial charge is 0.490 e. The quantitative estimate of drug-likeness (QED) is 0.243. The first kappa shape index (κ1) is 30.7. The van der Waals surface area contributed by atoms with Gasteiger partial charge in [0.2, 0.25) is 0 Å². The molecule has 2 heterocycles. The zero-order valence-corrected chi connectivity index (χ0v) is 23.7. The molecule has 2 aromatic rings. The highest BCUT2D eigenvalue weighted by Gasteiger charge is 2.43. The Kier molecular flexibility index (Phi) is 8.55. The average Bonchev–Trinajstić information content (AvgIpc) is 3.74. The molecule has 3 fully saturated rings. The van der Waals surface area contributed by atoms with E-state index in [9.17, 15) is 27.2 Å². The van der Waals surface area contributed by atoms with Gasteiger partial charge >= 0.3 is 6.18 Å². The van der Waals surface area contributed by atoms with E-state index in [4.69, 9.17) is 16.3 Å². The van der Waals surface area contributed by atoms with E-state index in [1.807, 2.05) is 4.90 Å². The normalized spacial score (nSPS) is 24.6. The standard InChI is InChI=1S/C30H31ClF6N2O3/c1-17-25(33)14-39(26(17)15-40)28(41)22-11-21(18-2-3-18)27(12-24(22)32)42-16-29(34)6-8-38(9-7-29)13-19-10-20(30(35,36)37)4-5-23(19)31/h4-5,10-12,15,17-18,25-26H,2-3,6-9,13-14,16H2,1H3/t17-,25-,26+/m0/s1. The van der Waals surface area contributed by atoms with Crippen LogP contribution in [0.4, 0.5) is 26.3 Å². The highest BCUT2D eigenvalue weighted by atomic mass is 35.5. The minimum absolute atomic E-state index is 0.00932. The van der Waals surface area contributed by atoms with Crippen LogP contribution in [0.3, 0.4) is 0 Å². The number of benzene rings is 2. The Morgan fingerprint density at radius 1 is 1.17 bits per heavy atom. The van der Waals surface area contributed by atoms with Crippen LogP contribution in [0.25, 0.3) is 0 Å². The van der Waals surface area contributed by atoms with E-state index in [2.05, 4.69) is 0 Å². The number of hydrogen-bond acceptors (Lipinski definition) is 4. The van der Waals surface area contributed by atoms with E-state index in [0.29, 0.717) is 17.4 Å². The Morgan fingerprint density at radius 3 is 2.48 bits per heavy atom. The molecular formula is C30H31ClF6N2O3. The van der Waals surface area contributed by atoms with E-state index < -0.39 is 47.3 Å². The topological polar surface area (TPSA) is 49.9 Å². The monoisotopic (exact) mass is 616 g/mol. The number of rotatable bonds is 8. The number of alkyl halides is 5. The van der Waals surface area contributed by atoms with E-state index in [-0.39, 0.29) is 67.9 Å². The van der Waals surface area contributed by atoms with E-state index in [1.54, 1.807) is 0 Å². The first-order chi connectivity index (χ1) is 19.8. The van der Waals surface area contributed by atoms with Crippen molar-refractivity contribution < 1.29 is 40.7 Å². The summed E-state index contributed by atoms with van der Waals surface area (Å²) in [5.74, 6) is -2.24. The summed E-state index contributed by atoms with van der Waals surface area (Å²) in [6.07, 6.45) is -3.73. The van der Waals surface area contributed by atoms with Crippen LogP contribution in [0.1, 0.15) is 65.6 Å². The van der Waals surface area contributed by atoms with Crippen LogP contribution in [0, 0.1) is 11.7 Å². The van der Waals surface area contributed by atoms with Crippen molar-refractivity contribution >= 4 is 23.8 Å². The number of carbonyl (C=O) groups is 2. The molecule has 1 amide bonds. The second-order valence-corrected chi connectivity index (χ2v) is 12.0. The van der Waals surface area contributed by atoms with Gasteiger partial charge in [-0.15, -0.1) is 0 Å². The van der Waals surface area contributed by atoms with Crippen LogP contribution in [-0.2, 0) is 17.5 Å². The molecule has 5 rings (SSSR count). The van der Waals surface area contributed by atoms with Crippen molar-refractivity contribution in [2.45, 2.75) is 69.1 Å². The average molecular weight is 617 g/mol. The molecule has 0 unspecified atom stereocenters. The molecular weight excluding hydrogens is 586 g/mol. The number of halogens is 7. The van der Waals surface area contributed by atoms with E-state index >= 15 is 8.78 Å². The SMILES string of the molecule is C[C@@H]1[C@@H](C=O)N(C(=O)c2cc(C3CC3)c(OCC3(F)CCN(Cc4cc(C(F)(F)F)ccc4Cl)CC3)cc2F)C[C@@H]1F. The number of hydrogen-bond donors (Lipinski definition) is 0. The van der Waals surface area contributed by atoms with Crippen molar-refractivity contribution in [2.24, 2.45) is 5.92 Å². The molecule has 0 aromatic heterocycles. The molecule has 2 aromatic carbocycles. The Balaban J connectivity index is 1.24. The second-order valence-electron chi connectivity index (χ2n) is 11.6. The van der Waals surface area contributed by atoms with Crippen molar-refractivity contribution in [3.63, 3.8) is 0 Å². The number of aldehydes is 1. The number of likely N-dealkylation sites (tertiary alicyclic amines) is 2. The third kappa shape index (κ3) is 6.41. The second kappa shape index (κ2) is 11.7. The number of nitrogens with zero attached hydrogens (tertiary/aromatic N) is 2. The summed E-state index contributed by atoms with van der Waals surface area (Å²) in [5, 5.41) is 0.199. The first-order valence-electron chi connectivity index (χ1n) is 13.9. The fourth-order valence-corrected chi connectivity index (χ4v) is 5.87.